The Morgan fingerprint density at radius 3 is 2.61 bits per heavy atom. The zero-order chi connectivity index (χ0) is 26.8. The van der Waals surface area contributed by atoms with Crippen molar-refractivity contribution in [3.63, 3.8) is 0 Å². The van der Waals surface area contributed by atoms with Crippen LogP contribution in [0.4, 0.5) is 17.6 Å². The van der Waals surface area contributed by atoms with E-state index >= 15 is 0 Å². The first kappa shape index (κ1) is 23.7. The molecular formula is C27H18F4N6O. The fourth-order valence-corrected chi connectivity index (χ4v) is 4.70. The molecule has 0 saturated heterocycles. The lowest BCUT2D eigenvalue weighted by Crippen LogP contribution is -2.23. The fraction of sp³-hybridized carbons (Fsp3) is 0.185. The van der Waals surface area contributed by atoms with Crippen LogP contribution in [0.1, 0.15) is 35.6 Å². The number of aromatic amines is 1. The van der Waals surface area contributed by atoms with Crippen LogP contribution in [0.3, 0.4) is 0 Å². The number of hydrogen-bond acceptors (Lipinski definition) is 4. The lowest BCUT2D eigenvalue weighted by Gasteiger charge is -2.16. The minimum atomic E-state index is -4.83. The number of halogens is 4. The largest absolute Gasteiger partial charge is 0.418 e. The number of fused-ring (bicyclic) bond motifs is 1. The normalized spacial score (nSPS) is 13.7. The molecule has 1 saturated carbocycles. The molecule has 7 nitrogen and oxygen atoms in total. The second kappa shape index (κ2) is 8.41. The van der Waals surface area contributed by atoms with Gasteiger partial charge in [-0.2, -0.15) is 18.4 Å². The second-order valence-corrected chi connectivity index (χ2v) is 9.24. The molecule has 0 spiro atoms. The number of aromatic nitrogens is 5. The average molecular weight is 518 g/mol. The molecule has 6 rings (SSSR count). The summed E-state index contributed by atoms with van der Waals surface area (Å²) in [5.74, 6) is 0.118. The van der Waals surface area contributed by atoms with Gasteiger partial charge in [-0.1, -0.05) is 6.07 Å². The van der Waals surface area contributed by atoms with Crippen LogP contribution in [-0.2, 0) is 13.2 Å². The Kier molecular flexibility index (Phi) is 5.24. The maximum Gasteiger partial charge on any atom is 0.418 e. The number of nitriles is 1. The SMILES string of the molecule is Cn1ccnc1-c1cc(F)ccc1-c1cc(C2CC2)nc(-n2cc(C(F)(F)F)c3c(C#N)c[nH]c3c2=O)c1. The predicted molar refractivity (Wildman–Crippen MR) is 131 cm³/mol. The van der Waals surface area contributed by atoms with Crippen molar-refractivity contribution in [2.45, 2.75) is 24.9 Å². The van der Waals surface area contributed by atoms with Crippen molar-refractivity contribution in [3.8, 4) is 34.4 Å². The summed E-state index contributed by atoms with van der Waals surface area (Å²) in [7, 11) is 1.77. The molecule has 1 aliphatic rings. The molecule has 0 atom stereocenters. The molecule has 4 aromatic heterocycles. The molecular weight excluding hydrogens is 500 g/mol. The molecule has 0 amide bonds. The number of aryl methyl sites for hydroxylation is 1. The summed E-state index contributed by atoms with van der Waals surface area (Å²) in [4.78, 5) is 24.8. The highest BCUT2D eigenvalue weighted by atomic mass is 19.4. The van der Waals surface area contributed by atoms with E-state index in [0.29, 0.717) is 34.4 Å². The number of benzene rings is 1. The number of nitrogens with one attached hydrogen (secondary N) is 1. The van der Waals surface area contributed by atoms with E-state index in [1.807, 2.05) is 6.07 Å². The van der Waals surface area contributed by atoms with Crippen LogP contribution in [0.15, 0.2) is 59.9 Å². The van der Waals surface area contributed by atoms with Gasteiger partial charge in [0.25, 0.3) is 5.56 Å². The van der Waals surface area contributed by atoms with E-state index in [-0.39, 0.29) is 22.8 Å². The van der Waals surface area contributed by atoms with Crippen LogP contribution in [0.2, 0.25) is 0 Å². The molecule has 0 aliphatic heterocycles. The highest BCUT2D eigenvalue weighted by Crippen LogP contribution is 2.42. The van der Waals surface area contributed by atoms with E-state index in [0.717, 1.165) is 23.6 Å². The maximum atomic E-state index is 14.3. The minimum Gasteiger partial charge on any atom is -0.355 e. The summed E-state index contributed by atoms with van der Waals surface area (Å²) in [6, 6.07) is 9.24. The molecule has 0 unspecified atom stereocenters. The Hall–Kier alpha value is -4.72. The standard InChI is InChI=1S/C27H18F4N6O/c1-36-7-6-33-25(36)19-10-17(28)4-5-18(19)15-8-21(14-2-3-14)35-22(9-15)37-13-20(27(29,30)31)23-16(11-32)12-34-24(23)26(37)38/h4-10,12-14,34H,2-3H2,1H3. The topological polar surface area (TPSA) is 92.3 Å². The molecule has 0 radical (unpaired) electrons. The Labute approximate surface area is 212 Å². The molecule has 1 fully saturated rings. The molecule has 1 N–H and O–H groups in total. The molecule has 4 heterocycles. The van der Waals surface area contributed by atoms with E-state index in [9.17, 15) is 27.6 Å². The quantitative estimate of drug-likeness (QED) is 0.310. The fourth-order valence-electron chi connectivity index (χ4n) is 4.70. The highest BCUT2D eigenvalue weighted by Gasteiger charge is 2.36. The van der Waals surface area contributed by atoms with Crippen LogP contribution in [0, 0.1) is 17.1 Å². The third kappa shape index (κ3) is 3.85. The zero-order valence-corrected chi connectivity index (χ0v) is 19.8. The highest BCUT2D eigenvalue weighted by molar-refractivity contribution is 5.89. The third-order valence-corrected chi connectivity index (χ3v) is 6.70. The van der Waals surface area contributed by atoms with E-state index in [1.54, 1.807) is 36.1 Å². The van der Waals surface area contributed by atoms with Gasteiger partial charge >= 0.3 is 6.18 Å². The first-order valence-corrected chi connectivity index (χ1v) is 11.7. The number of imidazole rings is 1. The molecule has 11 heteroatoms. The summed E-state index contributed by atoms with van der Waals surface area (Å²) in [5.41, 5.74) is -0.266. The van der Waals surface area contributed by atoms with Crippen LogP contribution >= 0.6 is 0 Å². The number of alkyl halides is 3. The number of H-pyrrole nitrogens is 1. The Balaban J connectivity index is 1.63. The van der Waals surface area contributed by atoms with Gasteiger partial charge in [0.15, 0.2) is 0 Å². The molecule has 38 heavy (non-hydrogen) atoms. The van der Waals surface area contributed by atoms with Gasteiger partial charge in [-0.15, -0.1) is 0 Å². The first-order valence-electron chi connectivity index (χ1n) is 11.7. The van der Waals surface area contributed by atoms with Gasteiger partial charge in [0.05, 0.1) is 11.1 Å². The molecule has 1 aliphatic carbocycles. The maximum absolute atomic E-state index is 14.3. The first-order chi connectivity index (χ1) is 18.2. The summed E-state index contributed by atoms with van der Waals surface area (Å²) < 4.78 is 59.1. The van der Waals surface area contributed by atoms with Crippen LogP contribution in [0.5, 0.6) is 0 Å². The molecule has 1 aromatic carbocycles. The van der Waals surface area contributed by atoms with E-state index < -0.39 is 28.5 Å². The van der Waals surface area contributed by atoms with Crippen molar-refractivity contribution in [1.29, 1.82) is 5.26 Å². The Morgan fingerprint density at radius 1 is 1.16 bits per heavy atom. The Bertz CT molecular complexity index is 1840. The third-order valence-electron chi connectivity index (χ3n) is 6.70. The van der Waals surface area contributed by atoms with E-state index in [2.05, 4.69) is 15.0 Å². The van der Waals surface area contributed by atoms with Gasteiger partial charge < -0.3 is 9.55 Å². The van der Waals surface area contributed by atoms with Crippen LogP contribution in [-0.4, -0.2) is 24.1 Å². The molecule has 5 aromatic rings. The van der Waals surface area contributed by atoms with Crippen molar-refractivity contribution in [2.24, 2.45) is 7.05 Å². The van der Waals surface area contributed by atoms with Gasteiger partial charge in [0, 0.05) is 54.4 Å². The summed E-state index contributed by atoms with van der Waals surface area (Å²) in [6.45, 7) is 0. The van der Waals surface area contributed by atoms with Gasteiger partial charge in [0.2, 0.25) is 0 Å². The van der Waals surface area contributed by atoms with Gasteiger partial charge in [-0.3, -0.25) is 9.36 Å². The monoisotopic (exact) mass is 518 g/mol. The van der Waals surface area contributed by atoms with Crippen LogP contribution in [0.25, 0.3) is 39.2 Å². The van der Waals surface area contributed by atoms with E-state index in [1.165, 1.54) is 18.2 Å². The van der Waals surface area contributed by atoms with Crippen molar-refractivity contribution < 1.29 is 17.6 Å². The van der Waals surface area contributed by atoms with Gasteiger partial charge in [-0.25, -0.2) is 14.4 Å². The number of hydrogen-bond donors (Lipinski definition) is 1. The van der Waals surface area contributed by atoms with Crippen molar-refractivity contribution in [2.75, 3.05) is 0 Å². The van der Waals surface area contributed by atoms with Gasteiger partial charge in [-0.05, 0) is 48.2 Å². The summed E-state index contributed by atoms with van der Waals surface area (Å²) in [6.07, 6.45) is 1.95. The van der Waals surface area contributed by atoms with E-state index in [4.69, 9.17) is 0 Å². The van der Waals surface area contributed by atoms with Gasteiger partial charge in [0.1, 0.15) is 29.0 Å². The number of rotatable bonds is 4. The predicted octanol–water partition coefficient (Wildman–Crippen LogP) is 5.69. The van der Waals surface area contributed by atoms with Crippen LogP contribution < -0.4 is 5.56 Å². The van der Waals surface area contributed by atoms with Crippen molar-refractivity contribution >= 4 is 10.9 Å². The lowest BCUT2D eigenvalue weighted by molar-refractivity contribution is -0.136. The van der Waals surface area contributed by atoms with Crippen molar-refractivity contribution in [3.05, 3.63) is 88.1 Å². The average Bonchev–Trinajstić information content (AvgIpc) is 3.51. The van der Waals surface area contributed by atoms with Crippen molar-refractivity contribution in [1.82, 2.24) is 24.1 Å². The smallest absolute Gasteiger partial charge is 0.355 e. The molecule has 0 bridgehead atoms. The summed E-state index contributed by atoms with van der Waals surface area (Å²) in [5, 5.41) is 8.83. The summed E-state index contributed by atoms with van der Waals surface area (Å²) >= 11 is 0. The minimum absolute atomic E-state index is 0.00924. The lowest BCUT2D eigenvalue weighted by atomic mass is 9.98. The molecule has 190 valence electrons. The Morgan fingerprint density at radius 2 is 1.95 bits per heavy atom. The zero-order valence-electron chi connectivity index (χ0n) is 19.8. The number of pyridine rings is 2. The second-order valence-electron chi connectivity index (χ2n) is 9.24. The number of nitrogens with zero attached hydrogens (tertiary/aromatic N) is 5.